The Morgan fingerprint density at radius 3 is 2.84 bits per heavy atom. The third kappa shape index (κ3) is 2.70. The van der Waals surface area contributed by atoms with Crippen LogP contribution >= 0.6 is 0 Å². The Kier molecular flexibility index (Phi) is 3.46. The van der Waals surface area contributed by atoms with E-state index in [-0.39, 0.29) is 11.4 Å². The monoisotopic (exact) mass is 264 g/mol. The molecule has 0 amide bonds. The van der Waals surface area contributed by atoms with Gasteiger partial charge in [-0.15, -0.1) is 0 Å². The summed E-state index contributed by atoms with van der Waals surface area (Å²) in [6, 6.07) is 2.33. The van der Waals surface area contributed by atoms with Gasteiger partial charge in [-0.3, -0.25) is 14.8 Å². The minimum absolute atomic E-state index is 0.250. The fourth-order valence-corrected chi connectivity index (χ4v) is 1.68. The first-order valence-corrected chi connectivity index (χ1v) is 5.75. The van der Waals surface area contributed by atoms with Crippen LogP contribution in [0.4, 0.5) is 21.5 Å². The number of hydrogen-bond donors (Lipinski definition) is 1. The maximum Gasteiger partial charge on any atom is 0.295 e. The Morgan fingerprint density at radius 2 is 2.26 bits per heavy atom. The van der Waals surface area contributed by atoms with Gasteiger partial charge in [0, 0.05) is 12.7 Å². The second kappa shape index (κ2) is 5.05. The summed E-state index contributed by atoms with van der Waals surface area (Å²) >= 11 is 0. The van der Waals surface area contributed by atoms with Gasteiger partial charge >= 0.3 is 0 Å². The highest BCUT2D eigenvalue weighted by atomic mass is 19.1. The van der Waals surface area contributed by atoms with Crippen LogP contribution < -0.4 is 5.32 Å². The first kappa shape index (κ1) is 13.0. The Bertz CT molecular complexity index is 624. The van der Waals surface area contributed by atoms with Crippen molar-refractivity contribution in [1.82, 2.24) is 9.78 Å². The second-order valence-corrected chi connectivity index (χ2v) is 4.09. The topological polar surface area (TPSA) is 73.0 Å². The molecule has 0 atom stereocenters. The molecule has 0 radical (unpaired) electrons. The zero-order valence-electron chi connectivity index (χ0n) is 10.6. The first-order valence-electron chi connectivity index (χ1n) is 5.75. The van der Waals surface area contributed by atoms with E-state index in [0.29, 0.717) is 17.8 Å². The van der Waals surface area contributed by atoms with E-state index in [1.54, 1.807) is 24.0 Å². The lowest BCUT2D eigenvalue weighted by molar-refractivity contribution is -0.384. The van der Waals surface area contributed by atoms with Gasteiger partial charge in [-0.2, -0.15) is 5.10 Å². The molecule has 1 aromatic heterocycles. The molecule has 0 spiro atoms. The number of nitrogens with zero attached hydrogens (tertiary/aromatic N) is 3. The number of nitro groups is 1. The number of anilines is 2. The summed E-state index contributed by atoms with van der Waals surface area (Å²) in [5, 5.41) is 17.9. The zero-order chi connectivity index (χ0) is 14.0. The molecule has 0 saturated heterocycles. The summed E-state index contributed by atoms with van der Waals surface area (Å²) in [5.74, 6) is -0.596. The van der Waals surface area contributed by atoms with Crippen LogP contribution in [0.3, 0.4) is 0 Å². The lowest BCUT2D eigenvalue weighted by atomic mass is 10.1. The van der Waals surface area contributed by atoms with E-state index in [1.807, 2.05) is 6.92 Å². The third-order valence-corrected chi connectivity index (χ3v) is 2.71. The van der Waals surface area contributed by atoms with Crippen molar-refractivity contribution in [3.63, 3.8) is 0 Å². The number of benzene rings is 1. The molecule has 0 aliphatic heterocycles. The molecule has 0 aliphatic rings. The normalized spacial score (nSPS) is 10.5. The number of aryl methyl sites for hydroxylation is 2. The van der Waals surface area contributed by atoms with Crippen molar-refractivity contribution < 1.29 is 9.31 Å². The fraction of sp³-hybridized carbons (Fsp3) is 0.250. The fourth-order valence-electron chi connectivity index (χ4n) is 1.68. The summed E-state index contributed by atoms with van der Waals surface area (Å²) < 4.78 is 15.1. The average molecular weight is 264 g/mol. The van der Waals surface area contributed by atoms with Crippen LogP contribution in [0.5, 0.6) is 0 Å². The van der Waals surface area contributed by atoms with Crippen LogP contribution in [0.1, 0.15) is 12.5 Å². The van der Waals surface area contributed by atoms with Gasteiger partial charge in [-0.1, -0.05) is 0 Å². The molecule has 1 aromatic carbocycles. The van der Waals surface area contributed by atoms with Gasteiger partial charge in [-0.05, 0) is 25.5 Å². The van der Waals surface area contributed by atoms with Crippen molar-refractivity contribution in [1.29, 1.82) is 0 Å². The predicted molar refractivity (Wildman–Crippen MR) is 69.0 cm³/mol. The molecule has 0 unspecified atom stereocenters. The molecule has 6 nitrogen and oxygen atoms in total. The smallest absolute Gasteiger partial charge is 0.295 e. The van der Waals surface area contributed by atoms with Crippen molar-refractivity contribution in [3.05, 3.63) is 46.0 Å². The Balaban J connectivity index is 2.38. The van der Waals surface area contributed by atoms with Crippen molar-refractivity contribution in [2.45, 2.75) is 20.4 Å². The molecule has 1 heterocycles. The lowest BCUT2D eigenvalue weighted by Crippen LogP contribution is -1.99. The minimum atomic E-state index is -0.616. The maximum absolute atomic E-state index is 13.4. The molecular formula is C12H13FN4O2. The highest BCUT2D eigenvalue weighted by molar-refractivity contribution is 5.69. The van der Waals surface area contributed by atoms with E-state index in [2.05, 4.69) is 10.4 Å². The molecule has 100 valence electrons. The lowest BCUT2D eigenvalue weighted by Gasteiger charge is -2.06. The third-order valence-electron chi connectivity index (χ3n) is 2.71. The van der Waals surface area contributed by atoms with Crippen LogP contribution in [0.25, 0.3) is 0 Å². The second-order valence-electron chi connectivity index (χ2n) is 4.09. The van der Waals surface area contributed by atoms with E-state index < -0.39 is 10.7 Å². The van der Waals surface area contributed by atoms with Crippen LogP contribution in [0.2, 0.25) is 0 Å². The predicted octanol–water partition coefficient (Wildman–Crippen LogP) is 3.00. The van der Waals surface area contributed by atoms with E-state index in [0.717, 1.165) is 6.07 Å². The van der Waals surface area contributed by atoms with Crippen LogP contribution in [-0.2, 0) is 6.54 Å². The Morgan fingerprint density at radius 1 is 1.53 bits per heavy atom. The summed E-state index contributed by atoms with van der Waals surface area (Å²) in [7, 11) is 0. The molecule has 0 aliphatic carbocycles. The zero-order valence-corrected chi connectivity index (χ0v) is 10.6. The number of nitro benzene ring substituents is 1. The van der Waals surface area contributed by atoms with Crippen LogP contribution in [0, 0.1) is 22.9 Å². The Hall–Kier alpha value is -2.44. The molecular weight excluding hydrogens is 251 g/mol. The Labute approximate surface area is 109 Å². The SMILES string of the molecule is CCn1cc(Nc2cc(C)c(F)cc2[N+](=O)[O-])cn1. The highest BCUT2D eigenvalue weighted by Crippen LogP contribution is 2.30. The number of hydrogen-bond acceptors (Lipinski definition) is 4. The average Bonchev–Trinajstić information content (AvgIpc) is 2.81. The molecule has 7 heteroatoms. The molecule has 2 rings (SSSR count). The largest absolute Gasteiger partial charge is 0.347 e. The molecule has 19 heavy (non-hydrogen) atoms. The van der Waals surface area contributed by atoms with Gasteiger partial charge in [-0.25, -0.2) is 4.39 Å². The van der Waals surface area contributed by atoms with E-state index in [9.17, 15) is 14.5 Å². The summed E-state index contributed by atoms with van der Waals surface area (Å²) in [4.78, 5) is 10.3. The van der Waals surface area contributed by atoms with Crippen molar-refractivity contribution in [2.75, 3.05) is 5.32 Å². The van der Waals surface area contributed by atoms with Crippen LogP contribution in [-0.4, -0.2) is 14.7 Å². The number of rotatable bonds is 4. The van der Waals surface area contributed by atoms with E-state index >= 15 is 0 Å². The van der Waals surface area contributed by atoms with Gasteiger partial charge in [0.1, 0.15) is 11.5 Å². The number of aromatic nitrogens is 2. The molecule has 0 saturated carbocycles. The molecule has 1 N–H and O–H groups in total. The summed E-state index contributed by atoms with van der Waals surface area (Å²) in [6.45, 7) is 4.19. The maximum atomic E-state index is 13.4. The van der Waals surface area contributed by atoms with Crippen molar-refractivity contribution in [3.8, 4) is 0 Å². The number of halogens is 1. The van der Waals surface area contributed by atoms with Crippen molar-refractivity contribution in [2.24, 2.45) is 0 Å². The summed E-state index contributed by atoms with van der Waals surface area (Å²) in [5.41, 5.74) is 0.916. The van der Waals surface area contributed by atoms with Crippen molar-refractivity contribution >= 4 is 17.1 Å². The number of nitrogens with one attached hydrogen (secondary N) is 1. The minimum Gasteiger partial charge on any atom is -0.347 e. The van der Waals surface area contributed by atoms with Gasteiger partial charge in [0.25, 0.3) is 5.69 Å². The standard InChI is InChI=1S/C12H13FN4O2/c1-3-16-7-9(6-14-16)15-11-4-8(2)10(13)5-12(11)17(18)19/h4-7,15H,3H2,1-2H3. The van der Waals surface area contributed by atoms with Gasteiger partial charge in [0.2, 0.25) is 0 Å². The van der Waals surface area contributed by atoms with Gasteiger partial charge < -0.3 is 5.32 Å². The van der Waals surface area contributed by atoms with Gasteiger partial charge in [0.05, 0.1) is 22.9 Å². The first-order chi connectivity index (χ1) is 9.01. The highest BCUT2D eigenvalue weighted by Gasteiger charge is 2.17. The molecule has 2 aromatic rings. The summed E-state index contributed by atoms with van der Waals surface area (Å²) in [6.07, 6.45) is 3.29. The molecule has 0 fully saturated rings. The van der Waals surface area contributed by atoms with E-state index in [1.165, 1.54) is 6.07 Å². The van der Waals surface area contributed by atoms with Gasteiger partial charge in [0.15, 0.2) is 0 Å². The quantitative estimate of drug-likeness (QED) is 0.680. The van der Waals surface area contributed by atoms with Crippen LogP contribution in [0.15, 0.2) is 24.5 Å². The molecule has 0 bridgehead atoms. The van der Waals surface area contributed by atoms with E-state index in [4.69, 9.17) is 0 Å².